The average Bonchev–Trinajstić information content (AvgIpc) is 3.05. The Bertz CT molecular complexity index is 778. The molecule has 0 bridgehead atoms. The molecule has 0 aromatic rings. The molecular weight excluding hydrogens is 586 g/mol. The van der Waals surface area contributed by atoms with Crippen LogP contribution >= 0.6 is 0 Å². The lowest BCUT2D eigenvalue weighted by atomic mass is 10.0. The van der Waals surface area contributed by atoms with Crippen molar-refractivity contribution in [1.29, 1.82) is 0 Å². The molecular formula is C41H75NO5. The number of carbonyl (C=O) groups is 3. The maximum absolute atomic E-state index is 12.6. The van der Waals surface area contributed by atoms with Crippen LogP contribution in [-0.2, 0) is 19.1 Å². The summed E-state index contributed by atoms with van der Waals surface area (Å²) in [4.78, 5) is 34.9. The quantitative estimate of drug-likeness (QED) is 0.0396. The molecule has 1 amide bonds. The van der Waals surface area contributed by atoms with E-state index < -0.39 is 5.97 Å². The largest absolute Gasteiger partial charge is 0.480 e. The summed E-state index contributed by atoms with van der Waals surface area (Å²) >= 11 is 0. The molecule has 0 aliphatic rings. The van der Waals surface area contributed by atoms with E-state index in [-0.39, 0.29) is 24.5 Å². The van der Waals surface area contributed by atoms with E-state index in [0.717, 1.165) is 57.8 Å². The average molecular weight is 662 g/mol. The van der Waals surface area contributed by atoms with Crippen molar-refractivity contribution in [3.05, 3.63) is 24.3 Å². The molecule has 0 rings (SSSR count). The first-order chi connectivity index (χ1) is 23.0. The smallest absolute Gasteiger partial charge is 0.322 e. The minimum Gasteiger partial charge on any atom is -0.480 e. The molecule has 1 unspecified atom stereocenters. The molecule has 0 aliphatic carbocycles. The van der Waals surface area contributed by atoms with Gasteiger partial charge in [0, 0.05) is 12.8 Å². The number of nitrogens with one attached hydrogen (secondary N) is 1. The van der Waals surface area contributed by atoms with E-state index in [9.17, 15) is 14.4 Å². The van der Waals surface area contributed by atoms with Crippen LogP contribution in [0.15, 0.2) is 24.3 Å². The molecule has 0 spiro atoms. The van der Waals surface area contributed by atoms with Gasteiger partial charge >= 0.3 is 11.9 Å². The number of rotatable bonds is 36. The maximum Gasteiger partial charge on any atom is 0.322 e. The van der Waals surface area contributed by atoms with Crippen molar-refractivity contribution in [1.82, 2.24) is 5.32 Å². The number of allylic oxidation sites excluding steroid dienone is 3. The summed E-state index contributed by atoms with van der Waals surface area (Å²) in [5.74, 6) is -1.34. The minimum absolute atomic E-state index is 0.0960. The van der Waals surface area contributed by atoms with Gasteiger partial charge in [0.2, 0.25) is 5.91 Å². The number of esters is 1. The Morgan fingerprint density at radius 2 is 1.04 bits per heavy atom. The van der Waals surface area contributed by atoms with E-state index in [0.29, 0.717) is 12.8 Å². The van der Waals surface area contributed by atoms with E-state index in [2.05, 4.69) is 37.4 Å². The predicted octanol–water partition coefficient (Wildman–Crippen LogP) is 12.0. The normalized spacial score (nSPS) is 12.2. The van der Waals surface area contributed by atoms with Gasteiger partial charge in [-0.3, -0.25) is 14.4 Å². The Hall–Kier alpha value is -2.11. The fourth-order valence-corrected chi connectivity index (χ4v) is 5.88. The summed E-state index contributed by atoms with van der Waals surface area (Å²) in [6.07, 6.45) is 43.2. The number of carboxylic acid groups (broad SMARTS) is 1. The van der Waals surface area contributed by atoms with E-state index >= 15 is 0 Å². The minimum atomic E-state index is -1.03. The van der Waals surface area contributed by atoms with Crippen molar-refractivity contribution in [3.8, 4) is 0 Å². The fourth-order valence-electron chi connectivity index (χ4n) is 5.88. The Morgan fingerprint density at radius 3 is 1.57 bits per heavy atom. The molecule has 1 atom stereocenters. The van der Waals surface area contributed by atoms with Gasteiger partial charge in [-0.15, -0.1) is 0 Å². The fraction of sp³-hybridized carbons (Fsp3) is 0.829. The highest BCUT2D eigenvalue weighted by Crippen LogP contribution is 2.16. The molecule has 6 heteroatoms. The second-order valence-electron chi connectivity index (χ2n) is 13.5. The molecule has 0 saturated heterocycles. The third-order valence-corrected chi connectivity index (χ3v) is 8.86. The Kier molecular flexibility index (Phi) is 35.1. The van der Waals surface area contributed by atoms with Gasteiger partial charge in [-0.1, -0.05) is 167 Å². The summed E-state index contributed by atoms with van der Waals surface area (Å²) in [5.41, 5.74) is 0. The molecule has 274 valence electrons. The maximum atomic E-state index is 12.6. The van der Waals surface area contributed by atoms with E-state index in [1.807, 2.05) is 6.08 Å². The number of hydrogen-bond acceptors (Lipinski definition) is 4. The zero-order valence-electron chi connectivity index (χ0n) is 30.9. The number of ether oxygens (including phenoxy) is 1. The molecule has 0 saturated carbocycles. The van der Waals surface area contributed by atoms with Gasteiger partial charge in [0.15, 0.2) is 0 Å². The van der Waals surface area contributed by atoms with Crippen LogP contribution in [0.2, 0.25) is 0 Å². The summed E-state index contributed by atoms with van der Waals surface area (Å²) in [7, 11) is 0. The molecule has 47 heavy (non-hydrogen) atoms. The lowest BCUT2D eigenvalue weighted by molar-refractivity contribution is -0.147. The van der Waals surface area contributed by atoms with Crippen molar-refractivity contribution >= 4 is 17.8 Å². The molecule has 6 nitrogen and oxygen atoms in total. The highest BCUT2D eigenvalue weighted by molar-refractivity contribution is 5.80. The third-order valence-electron chi connectivity index (χ3n) is 8.86. The summed E-state index contributed by atoms with van der Waals surface area (Å²) in [6, 6.07) is 0. The molecule has 0 aromatic heterocycles. The summed E-state index contributed by atoms with van der Waals surface area (Å²) in [5, 5.41) is 11.1. The second-order valence-corrected chi connectivity index (χ2v) is 13.5. The van der Waals surface area contributed by atoms with E-state index in [4.69, 9.17) is 9.84 Å². The first kappa shape index (κ1) is 44.9. The Balaban J connectivity index is 4.05. The van der Waals surface area contributed by atoms with Crippen LogP contribution in [0.4, 0.5) is 0 Å². The molecule has 0 aromatic carbocycles. The van der Waals surface area contributed by atoms with E-state index in [1.165, 1.54) is 122 Å². The monoisotopic (exact) mass is 662 g/mol. The van der Waals surface area contributed by atoms with Gasteiger partial charge in [-0.25, -0.2) is 0 Å². The molecule has 0 radical (unpaired) electrons. The SMILES string of the molecule is CCCCC/C=C\C/C=C\C(CCCCCCC(=O)NCC(=O)O)OC(=O)CCCCCCCCCCCCCCCCCCCC. The van der Waals surface area contributed by atoms with Crippen molar-refractivity contribution < 1.29 is 24.2 Å². The van der Waals surface area contributed by atoms with Crippen LogP contribution in [0.25, 0.3) is 0 Å². The number of carbonyl (C=O) groups excluding carboxylic acids is 2. The molecule has 2 N–H and O–H groups in total. The number of amides is 1. The number of unbranched alkanes of at least 4 members (excludes halogenated alkanes) is 23. The van der Waals surface area contributed by atoms with Crippen LogP contribution in [0.3, 0.4) is 0 Å². The summed E-state index contributed by atoms with van der Waals surface area (Å²) in [6.45, 7) is 4.17. The lowest BCUT2D eigenvalue weighted by Gasteiger charge is -2.14. The van der Waals surface area contributed by atoms with Gasteiger partial charge < -0.3 is 15.2 Å². The van der Waals surface area contributed by atoms with Crippen LogP contribution in [0.1, 0.15) is 206 Å². The molecule has 0 heterocycles. The third kappa shape index (κ3) is 36.6. The van der Waals surface area contributed by atoms with Crippen LogP contribution < -0.4 is 5.32 Å². The predicted molar refractivity (Wildman–Crippen MR) is 199 cm³/mol. The van der Waals surface area contributed by atoms with Gasteiger partial charge in [0.25, 0.3) is 0 Å². The Morgan fingerprint density at radius 1 is 0.574 bits per heavy atom. The van der Waals surface area contributed by atoms with Crippen molar-refractivity contribution in [3.63, 3.8) is 0 Å². The zero-order valence-corrected chi connectivity index (χ0v) is 30.9. The standard InChI is InChI=1S/C41H75NO5/c1-3-5-7-9-11-13-14-15-16-17-18-19-20-21-22-24-26-32-36-41(46)47-38(33-29-25-23-12-10-8-6-4-2)34-30-27-28-31-35-39(43)42-37-40(44)45/h12,23,29,33,38H,3-11,13-22,24-28,30-32,34-37H2,1-2H3,(H,42,43)(H,44,45)/b23-12-,33-29-. The molecule has 0 fully saturated rings. The van der Waals surface area contributed by atoms with Crippen molar-refractivity contribution in [2.45, 2.75) is 213 Å². The van der Waals surface area contributed by atoms with Gasteiger partial charge in [-0.05, 0) is 51.0 Å². The zero-order chi connectivity index (χ0) is 34.5. The van der Waals surface area contributed by atoms with E-state index in [1.54, 1.807) is 0 Å². The van der Waals surface area contributed by atoms with Crippen LogP contribution in [0, 0.1) is 0 Å². The van der Waals surface area contributed by atoms with Crippen LogP contribution in [-0.4, -0.2) is 35.6 Å². The number of carboxylic acids is 1. The first-order valence-corrected chi connectivity index (χ1v) is 20.0. The van der Waals surface area contributed by atoms with Gasteiger partial charge in [0.05, 0.1) is 0 Å². The second kappa shape index (κ2) is 36.7. The van der Waals surface area contributed by atoms with Crippen LogP contribution in [0.5, 0.6) is 0 Å². The number of hydrogen-bond donors (Lipinski definition) is 2. The Labute approximate surface area is 290 Å². The van der Waals surface area contributed by atoms with Gasteiger partial charge in [-0.2, -0.15) is 0 Å². The highest BCUT2D eigenvalue weighted by Gasteiger charge is 2.12. The first-order valence-electron chi connectivity index (χ1n) is 20.0. The topological polar surface area (TPSA) is 92.7 Å². The lowest BCUT2D eigenvalue weighted by Crippen LogP contribution is -2.28. The van der Waals surface area contributed by atoms with Gasteiger partial charge in [0.1, 0.15) is 12.6 Å². The van der Waals surface area contributed by atoms with Crippen molar-refractivity contribution in [2.24, 2.45) is 0 Å². The highest BCUT2D eigenvalue weighted by atomic mass is 16.5. The van der Waals surface area contributed by atoms with Crippen molar-refractivity contribution in [2.75, 3.05) is 6.54 Å². The molecule has 0 aliphatic heterocycles. The number of aliphatic carboxylic acids is 1. The summed E-state index contributed by atoms with van der Waals surface area (Å²) < 4.78 is 5.87.